The molecule has 1 aromatic rings. The first-order valence-electron chi connectivity index (χ1n) is 6.40. The Bertz CT molecular complexity index is 296. The standard InChI is InChI=1S/C11H23N5O/c1-3-5-7-16-11(12-13-14-16)10-15(6-4-2)8-9-17/h17H,3-10H2,1-2H3. The zero-order chi connectivity index (χ0) is 12.5. The first kappa shape index (κ1) is 14.1. The molecule has 1 heterocycles. The topological polar surface area (TPSA) is 67.1 Å². The number of rotatable bonds is 9. The van der Waals surface area contributed by atoms with Gasteiger partial charge in [-0.3, -0.25) is 4.90 Å². The maximum absolute atomic E-state index is 9.00. The molecule has 0 saturated carbocycles. The van der Waals surface area contributed by atoms with Crippen molar-refractivity contribution < 1.29 is 5.11 Å². The summed E-state index contributed by atoms with van der Waals surface area (Å²) in [6.45, 7) is 7.68. The molecule has 0 atom stereocenters. The SMILES string of the molecule is CCCCn1nnnc1CN(CCC)CCO. The minimum absolute atomic E-state index is 0.177. The Morgan fingerprint density at radius 3 is 2.71 bits per heavy atom. The van der Waals surface area contributed by atoms with E-state index in [1.54, 1.807) is 0 Å². The maximum atomic E-state index is 9.00. The van der Waals surface area contributed by atoms with Crippen LogP contribution in [0.3, 0.4) is 0 Å². The van der Waals surface area contributed by atoms with E-state index in [0.717, 1.165) is 38.2 Å². The number of aromatic nitrogens is 4. The Labute approximate surface area is 103 Å². The Balaban J connectivity index is 2.55. The zero-order valence-electron chi connectivity index (χ0n) is 10.8. The molecule has 1 aromatic heterocycles. The molecule has 0 amide bonds. The summed E-state index contributed by atoms with van der Waals surface area (Å²) >= 11 is 0. The third kappa shape index (κ3) is 4.79. The minimum Gasteiger partial charge on any atom is -0.395 e. The fourth-order valence-corrected chi connectivity index (χ4v) is 1.75. The van der Waals surface area contributed by atoms with Crippen LogP contribution in [0.25, 0.3) is 0 Å². The number of tetrazole rings is 1. The maximum Gasteiger partial charge on any atom is 0.165 e. The van der Waals surface area contributed by atoms with Gasteiger partial charge in [0, 0.05) is 13.1 Å². The summed E-state index contributed by atoms with van der Waals surface area (Å²) in [6.07, 6.45) is 3.29. The quantitative estimate of drug-likeness (QED) is 0.688. The number of aliphatic hydroxyl groups is 1. The van der Waals surface area contributed by atoms with Crippen LogP contribution < -0.4 is 0 Å². The van der Waals surface area contributed by atoms with Crippen LogP contribution in [0.1, 0.15) is 38.9 Å². The van der Waals surface area contributed by atoms with Crippen LogP contribution in [-0.2, 0) is 13.1 Å². The molecule has 6 nitrogen and oxygen atoms in total. The summed E-state index contributed by atoms with van der Waals surface area (Å²) in [6, 6.07) is 0. The summed E-state index contributed by atoms with van der Waals surface area (Å²) in [5, 5.41) is 20.8. The second-order valence-electron chi connectivity index (χ2n) is 4.17. The van der Waals surface area contributed by atoms with E-state index in [1.807, 2.05) is 4.68 Å². The summed E-state index contributed by atoms with van der Waals surface area (Å²) in [7, 11) is 0. The van der Waals surface area contributed by atoms with Crippen LogP contribution in [0.5, 0.6) is 0 Å². The van der Waals surface area contributed by atoms with Gasteiger partial charge in [0.25, 0.3) is 0 Å². The molecule has 0 aliphatic rings. The van der Waals surface area contributed by atoms with Crippen LogP contribution in [0, 0.1) is 0 Å². The zero-order valence-corrected chi connectivity index (χ0v) is 10.8. The second kappa shape index (κ2) is 8.14. The van der Waals surface area contributed by atoms with Gasteiger partial charge >= 0.3 is 0 Å². The highest BCUT2D eigenvalue weighted by molar-refractivity contribution is 4.81. The van der Waals surface area contributed by atoms with Gasteiger partial charge in [-0.1, -0.05) is 20.3 Å². The number of aliphatic hydroxyl groups excluding tert-OH is 1. The lowest BCUT2D eigenvalue weighted by molar-refractivity contribution is 0.185. The number of hydrogen-bond donors (Lipinski definition) is 1. The first-order chi connectivity index (χ1) is 8.31. The Hall–Kier alpha value is -1.01. The molecule has 1 rings (SSSR count). The van der Waals surface area contributed by atoms with Gasteiger partial charge in [0.15, 0.2) is 5.82 Å². The van der Waals surface area contributed by atoms with Crippen molar-refractivity contribution in [2.45, 2.75) is 46.2 Å². The van der Waals surface area contributed by atoms with E-state index in [9.17, 15) is 0 Å². The van der Waals surface area contributed by atoms with Gasteiger partial charge in [0.2, 0.25) is 0 Å². The van der Waals surface area contributed by atoms with Crippen molar-refractivity contribution in [1.29, 1.82) is 0 Å². The van der Waals surface area contributed by atoms with Crippen LogP contribution >= 0.6 is 0 Å². The molecule has 98 valence electrons. The molecule has 0 radical (unpaired) electrons. The van der Waals surface area contributed by atoms with E-state index < -0.39 is 0 Å². The lowest BCUT2D eigenvalue weighted by atomic mass is 10.3. The third-order valence-corrected chi connectivity index (χ3v) is 2.65. The van der Waals surface area contributed by atoms with Crippen LogP contribution in [0.2, 0.25) is 0 Å². The molecule has 1 N–H and O–H groups in total. The van der Waals surface area contributed by atoms with E-state index in [-0.39, 0.29) is 6.61 Å². The van der Waals surface area contributed by atoms with E-state index in [2.05, 4.69) is 34.3 Å². The van der Waals surface area contributed by atoms with E-state index in [1.165, 1.54) is 0 Å². The van der Waals surface area contributed by atoms with Gasteiger partial charge < -0.3 is 5.11 Å². The molecule has 6 heteroatoms. The molecule has 0 saturated heterocycles. The highest BCUT2D eigenvalue weighted by Crippen LogP contribution is 2.02. The molecular weight excluding hydrogens is 218 g/mol. The third-order valence-electron chi connectivity index (χ3n) is 2.65. The van der Waals surface area contributed by atoms with Gasteiger partial charge in [0.1, 0.15) is 0 Å². The molecular formula is C11H23N5O. The minimum atomic E-state index is 0.177. The largest absolute Gasteiger partial charge is 0.395 e. The van der Waals surface area contributed by atoms with Crippen molar-refractivity contribution in [2.75, 3.05) is 19.7 Å². The van der Waals surface area contributed by atoms with Crippen molar-refractivity contribution in [3.63, 3.8) is 0 Å². The number of hydrogen-bond acceptors (Lipinski definition) is 5. The number of aryl methyl sites for hydroxylation is 1. The average Bonchev–Trinajstić information content (AvgIpc) is 2.74. The summed E-state index contributed by atoms with van der Waals surface area (Å²) in [5.74, 6) is 0.889. The number of unbranched alkanes of at least 4 members (excludes halogenated alkanes) is 1. The van der Waals surface area contributed by atoms with Crippen LogP contribution in [-0.4, -0.2) is 49.9 Å². The predicted octanol–water partition coefficient (Wildman–Crippen LogP) is 0.677. The van der Waals surface area contributed by atoms with E-state index >= 15 is 0 Å². The Morgan fingerprint density at radius 1 is 1.24 bits per heavy atom. The lowest BCUT2D eigenvalue weighted by Gasteiger charge is -2.19. The van der Waals surface area contributed by atoms with Crippen molar-refractivity contribution in [2.24, 2.45) is 0 Å². The van der Waals surface area contributed by atoms with Gasteiger partial charge in [0.05, 0.1) is 13.2 Å². The fourth-order valence-electron chi connectivity index (χ4n) is 1.75. The van der Waals surface area contributed by atoms with Crippen molar-refractivity contribution in [1.82, 2.24) is 25.1 Å². The van der Waals surface area contributed by atoms with Crippen molar-refractivity contribution in [3.05, 3.63) is 5.82 Å². The molecule has 0 bridgehead atoms. The van der Waals surface area contributed by atoms with Gasteiger partial charge in [-0.05, 0) is 29.8 Å². The molecule has 0 fully saturated rings. The Morgan fingerprint density at radius 2 is 2.06 bits per heavy atom. The molecule has 17 heavy (non-hydrogen) atoms. The first-order valence-corrected chi connectivity index (χ1v) is 6.40. The van der Waals surface area contributed by atoms with Gasteiger partial charge in [-0.25, -0.2) is 4.68 Å². The molecule has 0 aliphatic heterocycles. The predicted molar refractivity (Wildman–Crippen MR) is 65.4 cm³/mol. The fraction of sp³-hybridized carbons (Fsp3) is 0.909. The average molecular weight is 241 g/mol. The summed E-state index contributed by atoms with van der Waals surface area (Å²) < 4.78 is 1.86. The van der Waals surface area contributed by atoms with Crippen LogP contribution in [0.15, 0.2) is 0 Å². The lowest BCUT2D eigenvalue weighted by Crippen LogP contribution is -2.29. The van der Waals surface area contributed by atoms with E-state index in [4.69, 9.17) is 5.11 Å². The smallest absolute Gasteiger partial charge is 0.165 e. The second-order valence-corrected chi connectivity index (χ2v) is 4.17. The monoisotopic (exact) mass is 241 g/mol. The summed E-state index contributed by atoms with van der Waals surface area (Å²) in [4.78, 5) is 2.17. The molecule has 0 unspecified atom stereocenters. The van der Waals surface area contributed by atoms with Gasteiger partial charge in [-0.15, -0.1) is 5.10 Å². The van der Waals surface area contributed by atoms with Crippen molar-refractivity contribution in [3.8, 4) is 0 Å². The highest BCUT2D eigenvalue weighted by atomic mass is 16.3. The molecule has 0 aromatic carbocycles. The normalized spacial score (nSPS) is 11.3. The Kier molecular flexibility index (Phi) is 6.73. The number of nitrogens with zero attached hydrogens (tertiary/aromatic N) is 5. The highest BCUT2D eigenvalue weighted by Gasteiger charge is 2.10. The van der Waals surface area contributed by atoms with Crippen molar-refractivity contribution >= 4 is 0 Å². The molecule has 0 spiro atoms. The van der Waals surface area contributed by atoms with E-state index in [0.29, 0.717) is 13.1 Å². The van der Waals surface area contributed by atoms with Gasteiger partial charge in [-0.2, -0.15) is 0 Å². The van der Waals surface area contributed by atoms with Crippen LogP contribution in [0.4, 0.5) is 0 Å². The summed E-state index contributed by atoms with van der Waals surface area (Å²) in [5.41, 5.74) is 0. The molecule has 0 aliphatic carbocycles.